The number of nitrogens with zero attached hydrogens (tertiary/aromatic N) is 3. The van der Waals surface area contributed by atoms with E-state index in [1.807, 2.05) is 6.92 Å². The molecule has 1 aromatic rings. The highest BCUT2D eigenvalue weighted by Gasteiger charge is 2.58. The number of hydrogen-bond acceptors (Lipinski definition) is 11. The van der Waals surface area contributed by atoms with Crippen molar-refractivity contribution in [2.24, 2.45) is 11.3 Å². The number of amides is 7. The number of urea groups is 1. The van der Waals surface area contributed by atoms with E-state index in [9.17, 15) is 39.0 Å². The maximum Gasteiger partial charge on any atom is 0.322 e. The van der Waals surface area contributed by atoms with Gasteiger partial charge in [-0.3, -0.25) is 39.6 Å². The molecule has 0 aromatic carbocycles. The Morgan fingerprint density at radius 3 is 2.31 bits per heavy atom. The molecule has 17 nitrogen and oxygen atoms in total. The number of aromatic nitrogens is 2. The molecular formula is C35H53N9O8. The highest BCUT2D eigenvalue weighted by molar-refractivity contribution is 6.08. The number of imide groups is 1. The Labute approximate surface area is 303 Å². The fourth-order valence-corrected chi connectivity index (χ4v) is 7.46. The lowest BCUT2D eigenvalue weighted by atomic mass is 9.82. The molecule has 1 aromatic heterocycles. The summed E-state index contributed by atoms with van der Waals surface area (Å²) in [5.41, 5.74) is -2.43. The molecule has 1 spiro atoms. The number of carbonyl (C=O) groups excluding carboxylic acids is 6. The van der Waals surface area contributed by atoms with Gasteiger partial charge in [-0.25, -0.2) is 9.78 Å². The van der Waals surface area contributed by atoms with Gasteiger partial charge in [-0.15, -0.1) is 0 Å². The minimum absolute atomic E-state index is 0.00392. The third kappa shape index (κ3) is 9.04. The van der Waals surface area contributed by atoms with Crippen molar-refractivity contribution in [2.45, 2.75) is 140 Å². The maximum absolute atomic E-state index is 14.7. The molecule has 7 atom stereocenters. The largest absolute Gasteiger partial charge is 0.382 e. The van der Waals surface area contributed by atoms with Crippen molar-refractivity contribution in [1.29, 1.82) is 0 Å². The first-order valence-corrected chi connectivity index (χ1v) is 18.4. The summed E-state index contributed by atoms with van der Waals surface area (Å²) in [5, 5.41) is 38.9. The zero-order valence-electron chi connectivity index (χ0n) is 30.3. The first kappa shape index (κ1) is 39.0. The van der Waals surface area contributed by atoms with Crippen LogP contribution in [0.5, 0.6) is 0 Å². The summed E-state index contributed by atoms with van der Waals surface area (Å²) in [4.78, 5) is 89.7. The molecule has 2 aliphatic heterocycles. The normalized spacial score (nSPS) is 25.0. The van der Waals surface area contributed by atoms with Crippen LogP contribution in [-0.4, -0.2) is 115 Å². The predicted octanol–water partition coefficient (Wildman–Crippen LogP) is -0.418. The quantitative estimate of drug-likeness (QED) is 0.0904. The molecule has 0 radical (unpaired) electrons. The van der Waals surface area contributed by atoms with Crippen molar-refractivity contribution >= 4 is 35.6 Å². The van der Waals surface area contributed by atoms with Gasteiger partial charge in [0.25, 0.3) is 17.7 Å². The summed E-state index contributed by atoms with van der Waals surface area (Å²) in [5.74, 6) is -3.21. The Kier molecular flexibility index (Phi) is 12.2. The van der Waals surface area contributed by atoms with Crippen molar-refractivity contribution in [3.63, 3.8) is 0 Å². The average molecular weight is 728 g/mol. The summed E-state index contributed by atoms with van der Waals surface area (Å²) in [6.45, 7) is 6.83. The van der Waals surface area contributed by atoms with Crippen molar-refractivity contribution in [3.8, 4) is 0 Å². The monoisotopic (exact) mass is 727 g/mol. The number of likely N-dealkylation sites (tertiary alicyclic amines) is 1. The van der Waals surface area contributed by atoms with E-state index in [1.54, 1.807) is 20.8 Å². The standard InChI is InChI=1S/C35H53N9O8/c1-5-9-21(25(45)30(49)38-20-12-13-20)39-28(47)23-16-35(32(51)42-33(52)43-35)18-44(23)31(50)26(34(2,3)4)41-29(48)24(19-10-7-6-8-11-19)40-27(46)22-17-36-14-15-37-22/h14-15,17,19-21,23-26,28,39,45,47H,5-13,16,18H2,1-4H3,(H,38,49)(H,40,46)(H,41,48)(H2,42,43,51,52)/t21?,23?,24-,25?,26?,28?,35+/m0/s1. The summed E-state index contributed by atoms with van der Waals surface area (Å²) in [6.07, 6.45) is 7.54. The Hall–Kier alpha value is -4.22. The lowest BCUT2D eigenvalue weighted by molar-refractivity contribution is -0.144. The molecule has 2 saturated carbocycles. The Morgan fingerprint density at radius 1 is 1.02 bits per heavy atom. The second kappa shape index (κ2) is 16.2. The van der Waals surface area contributed by atoms with Gasteiger partial charge in [-0.05, 0) is 43.4 Å². The van der Waals surface area contributed by atoms with Crippen LogP contribution in [0.4, 0.5) is 4.79 Å². The molecule has 2 aliphatic carbocycles. The van der Waals surface area contributed by atoms with Crippen LogP contribution in [0.25, 0.3) is 0 Å². The molecular weight excluding hydrogens is 674 g/mol. The fraction of sp³-hybridized carbons (Fsp3) is 0.714. The summed E-state index contributed by atoms with van der Waals surface area (Å²) in [6, 6.07) is -4.95. The van der Waals surface area contributed by atoms with Gasteiger partial charge < -0.3 is 36.4 Å². The highest BCUT2D eigenvalue weighted by Crippen LogP contribution is 2.35. The molecule has 7 amide bonds. The molecule has 0 bridgehead atoms. The second-order valence-corrected chi connectivity index (χ2v) is 15.7. The van der Waals surface area contributed by atoms with Gasteiger partial charge in [0.15, 0.2) is 0 Å². The topological polar surface area (TPSA) is 244 Å². The molecule has 5 unspecified atom stereocenters. The third-order valence-electron chi connectivity index (χ3n) is 10.5. The smallest absolute Gasteiger partial charge is 0.322 e. The van der Waals surface area contributed by atoms with E-state index in [0.717, 1.165) is 32.1 Å². The molecule has 8 N–H and O–H groups in total. The lowest BCUT2D eigenvalue weighted by Gasteiger charge is -2.39. The summed E-state index contributed by atoms with van der Waals surface area (Å²) in [7, 11) is 0. The predicted molar refractivity (Wildman–Crippen MR) is 186 cm³/mol. The van der Waals surface area contributed by atoms with Gasteiger partial charge in [0.2, 0.25) is 11.8 Å². The second-order valence-electron chi connectivity index (χ2n) is 15.7. The van der Waals surface area contributed by atoms with Crippen LogP contribution in [0, 0.1) is 11.3 Å². The summed E-state index contributed by atoms with van der Waals surface area (Å²) >= 11 is 0. The van der Waals surface area contributed by atoms with E-state index in [-0.39, 0.29) is 30.6 Å². The maximum atomic E-state index is 14.7. The minimum atomic E-state index is -1.57. The van der Waals surface area contributed by atoms with Gasteiger partial charge in [0, 0.05) is 30.9 Å². The number of carbonyl (C=O) groups is 6. The van der Waals surface area contributed by atoms with Crippen LogP contribution in [0.1, 0.15) is 102 Å². The van der Waals surface area contributed by atoms with E-state index in [4.69, 9.17) is 0 Å². The Morgan fingerprint density at radius 2 is 1.73 bits per heavy atom. The van der Waals surface area contributed by atoms with Crippen LogP contribution in [0.2, 0.25) is 0 Å². The molecule has 5 rings (SSSR count). The van der Waals surface area contributed by atoms with Crippen molar-refractivity contribution in [2.75, 3.05) is 6.54 Å². The molecule has 2 saturated heterocycles. The zero-order chi connectivity index (χ0) is 37.8. The number of aliphatic hydroxyl groups is 2. The first-order chi connectivity index (χ1) is 24.6. The number of aliphatic hydroxyl groups excluding tert-OH is 2. The Bertz CT molecular complexity index is 1500. The number of hydrogen-bond donors (Lipinski definition) is 8. The zero-order valence-corrected chi connectivity index (χ0v) is 30.3. The van der Waals surface area contributed by atoms with E-state index in [1.165, 1.54) is 23.5 Å². The van der Waals surface area contributed by atoms with Crippen LogP contribution in [0.3, 0.4) is 0 Å². The lowest BCUT2D eigenvalue weighted by Crippen LogP contribution is -2.63. The number of rotatable bonds is 14. The fourth-order valence-electron chi connectivity index (χ4n) is 7.46. The van der Waals surface area contributed by atoms with E-state index in [0.29, 0.717) is 25.7 Å². The molecule has 17 heteroatoms. The van der Waals surface area contributed by atoms with Gasteiger partial charge in [-0.2, -0.15) is 0 Å². The Balaban J connectivity index is 1.40. The molecule has 286 valence electrons. The number of nitrogens with one attached hydrogen (secondary N) is 6. The summed E-state index contributed by atoms with van der Waals surface area (Å²) < 4.78 is 0. The third-order valence-corrected chi connectivity index (χ3v) is 10.5. The van der Waals surface area contributed by atoms with Crippen LogP contribution in [-0.2, 0) is 19.2 Å². The van der Waals surface area contributed by atoms with Crippen LogP contribution >= 0.6 is 0 Å². The van der Waals surface area contributed by atoms with Crippen LogP contribution < -0.4 is 31.9 Å². The van der Waals surface area contributed by atoms with Crippen molar-refractivity contribution in [3.05, 3.63) is 24.3 Å². The van der Waals surface area contributed by atoms with E-state index in [2.05, 4.69) is 41.9 Å². The van der Waals surface area contributed by atoms with Crippen molar-refractivity contribution in [1.82, 2.24) is 46.8 Å². The average Bonchev–Trinajstić information content (AvgIpc) is 3.77. The minimum Gasteiger partial charge on any atom is -0.382 e. The van der Waals surface area contributed by atoms with Crippen LogP contribution in [0.15, 0.2) is 18.6 Å². The van der Waals surface area contributed by atoms with E-state index < -0.39 is 83.0 Å². The van der Waals surface area contributed by atoms with Gasteiger partial charge in [0.05, 0.1) is 18.8 Å². The molecule has 52 heavy (non-hydrogen) atoms. The van der Waals surface area contributed by atoms with Gasteiger partial charge >= 0.3 is 6.03 Å². The molecule has 4 fully saturated rings. The van der Waals surface area contributed by atoms with Crippen molar-refractivity contribution < 1.29 is 39.0 Å². The molecule has 3 heterocycles. The first-order valence-electron chi connectivity index (χ1n) is 18.4. The molecule has 4 aliphatic rings. The SMILES string of the molecule is CCCC(NC(O)C1C[C@]2(CN1C(=O)C(NC(=O)[C@@H](NC(=O)c1cnccn1)C1CCCCC1)C(C)(C)C)NC(=O)NC2=O)C(O)C(=O)NC1CC1. The van der Waals surface area contributed by atoms with Gasteiger partial charge in [0.1, 0.15) is 35.6 Å². The van der Waals surface area contributed by atoms with E-state index >= 15 is 0 Å². The van der Waals surface area contributed by atoms with Gasteiger partial charge in [-0.1, -0.05) is 53.4 Å². The highest BCUT2D eigenvalue weighted by atomic mass is 16.3.